The number of carbonyl (C=O) groups excluding carboxylic acids is 1. The third-order valence-corrected chi connectivity index (χ3v) is 4.91. The van der Waals surface area contributed by atoms with Crippen LogP contribution in [0.25, 0.3) is 0 Å². The summed E-state index contributed by atoms with van der Waals surface area (Å²) < 4.78 is 42.7. The van der Waals surface area contributed by atoms with Gasteiger partial charge in [-0.05, 0) is 30.3 Å². The maximum atomic E-state index is 12.7. The van der Waals surface area contributed by atoms with Gasteiger partial charge >= 0.3 is 0 Å². The highest BCUT2D eigenvalue weighted by atomic mass is 35.5. The molecule has 0 unspecified atom stereocenters. The lowest BCUT2D eigenvalue weighted by molar-refractivity contribution is 0.0978. The first kappa shape index (κ1) is 20.0. The lowest BCUT2D eigenvalue weighted by atomic mass is 10.2. The molecule has 0 spiro atoms. The molecular formula is C17H18ClNO6S. The van der Waals surface area contributed by atoms with Gasteiger partial charge in [0.1, 0.15) is 23.0 Å². The van der Waals surface area contributed by atoms with Crippen LogP contribution < -0.4 is 14.2 Å². The number of amides is 1. The Morgan fingerprint density at radius 2 is 1.81 bits per heavy atom. The summed E-state index contributed by atoms with van der Waals surface area (Å²) in [6.45, 7) is 0.413. The van der Waals surface area contributed by atoms with E-state index in [1.807, 2.05) is 4.72 Å². The van der Waals surface area contributed by atoms with Gasteiger partial charge in [0, 0.05) is 12.1 Å². The van der Waals surface area contributed by atoms with Crippen LogP contribution in [0.15, 0.2) is 47.4 Å². The second-order valence-electron chi connectivity index (χ2n) is 5.07. The molecule has 0 radical (unpaired) electrons. The van der Waals surface area contributed by atoms with Gasteiger partial charge < -0.3 is 14.2 Å². The molecule has 2 rings (SSSR count). The third kappa shape index (κ3) is 4.87. The Bertz CT molecular complexity index is 885. The minimum absolute atomic E-state index is 0.0618. The first-order valence-electron chi connectivity index (χ1n) is 7.50. The van der Waals surface area contributed by atoms with Gasteiger partial charge in [0.05, 0.1) is 19.3 Å². The molecule has 0 aliphatic carbocycles. The topological polar surface area (TPSA) is 90.9 Å². The number of sulfonamides is 1. The van der Waals surface area contributed by atoms with Crippen LogP contribution in [0.1, 0.15) is 10.4 Å². The van der Waals surface area contributed by atoms with E-state index in [9.17, 15) is 13.2 Å². The van der Waals surface area contributed by atoms with Crippen molar-refractivity contribution in [3.05, 3.63) is 53.1 Å². The molecule has 2 aromatic rings. The number of rotatable bonds is 8. The highest BCUT2D eigenvalue weighted by Crippen LogP contribution is 2.28. The first-order chi connectivity index (χ1) is 12.4. The molecule has 1 N–H and O–H groups in total. The second kappa shape index (κ2) is 8.88. The average molecular weight is 400 g/mol. The van der Waals surface area contributed by atoms with Crippen LogP contribution in [0, 0.1) is 0 Å². The van der Waals surface area contributed by atoms with E-state index in [1.54, 1.807) is 18.2 Å². The molecule has 0 heterocycles. The lowest BCUT2D eigenvalue weighted by Crippen LogP contribution is -2.31. The molecule has 0 aliphatic heterocycles. The third-order valence-electron chi connectivity index (χ3n) is 3.32. The fraction of sp³-hybridized carbons (Fsp3) is 0.235. The van der Waals surface area contributed by atoms with Crippen molar-refractivity contribution in [1.29, 1.82) is 0 Å². The summed E-state index contributed by atoms with van der Waals surface area (Å²) in [7, 11) is -1.34. The minimum atomic E-state index is -4.23. The fourth-order valence-corrected chi connectivity index (χ4v) is 3.49. The van der Waals surface area contributed by atoms with Gasteiger partial charge in [-0.3, -0.25) is 4.79 Å². The molecule has 1 amide bonds. The van der Waals surface area contributed by atoms with Crippen LogP contribution >= 0.6 is 11.6 Å². The quantitative estimate of drug-likeness (QED) is 0.686. The molecular weight excluding hydrogens is 382 g/mol. The van der Waals surface area contributed by atoms with Gasteiger partial charge in [0.25, 0.3) is 15.9 Å². The van der Waals surface area contributed by atoms with Crippen LogP contribution in [0.4, 0.5) is 0 Å². The van der Waals surface area contributed by atoms with Crippen molar-refractivity contribution < 1.29 is 27.4 Å². The van der Waals surface area contributed by atoms with Crippen molar-refractivity contribution >= 4 is 27.5 Å². The highest BCUT2D eigenvalue weighted by Gasteiger charge is 2.25. The molecule has 0 aliphatic rings. The highest BCUT2D eigenvalue weighted by molar-refractivity contribution is 7.90. The van der Waals surface area contributed by atoms with Gasteiger partial charge in [-0.1, -0.05) is 23.7 Å². The van der Waals surface area contributed by atoms with Crippen molar-refractivity contribution in [3.8, 4) is 11.5 Å². The number of hydrogen-bond donors (Lipinski definition) is 1. The maximum Gasteiger partial charge on any atom is 0.268 e. The normalized spacial score (nSPS) is 11.0. The van der Waals surface area contributed by atoms with Crippen LogP contribution in [-0.2, 0) is 14.8 Å². The SMILES string of the molecule is COCCOc1ccc(Cl)cc1S(=O)(=O)NC(=O)c1ccccc1OC. The average Bonchev–Trinajstić information content (AvgIpc) is 2.62. The second-order valence-corrected chi connectivity index (χ2v) is 7.15. The van der Waals surface area contributed by atoms with Crippen LogP contribution in [0.3, 0.4) is 0 Å². The van der Waals surface area contributed by atoms with Crippen molar-refractivity contribution in [2.45, 2.75) is 4.90 Å². The number of carbonyl (C=O) groups is 1. The minimum Gasteiger partial charge on any atom is -0.496 e. The van der Waals surface area contributed by atoms with E-state index in [-0.39, 0.29) is 40.2 Å². The zero-order valence-corrected chi connectivity index (χ0v) is 15.8. The van der Waals surface area contributed by atoms with Gasteiger partial charge in [0.2, 0.25) is 0 Å². The maximum absolute atomic E-state index is 12.7. The molecule has 26 heavy (non-hydrogen) atoms. The summed E-state index contributed by atoms with van der Waals surface area (Å²) in [6, 6.07) is 10.4. The van der Waals surface area contributed by atoms with Crippen molar-refractivity contribution in [2.24, 2.45) is 0 Å². The van der Waals surface area contributed by atoms with Gasteiger partial charge in [-0.2, -0.15) is 0 Å². The molecule has 0 bridgehead atoms. The predicted molar refractivity (Wildman–Crippen MR) is 96.5 cm³/mol. The largest absolute Gasteiger partial charge is 0.496 e. The number of ether oxygens (including phenoxy) is 3. The molecule has 7 nitrogen and oxygen atoms in total. The van der Waals surface area contributed by atoms with Crippen molar-refractivity contribution in [2.75, 3.05) is 27.4 Å². The van der Waals surface area contributed by atoms with Gasteiger partial charge in [-0.15, -0.1) is 0 Å². The van der Waals surface area contributed by atoms with E-state index in [1.165, 1.54) is 38.5 Å². The molecule has 9 heteroatoms. The van der Waals surface area contributed by atoms with E-state index in [4.69, 9.17) is 25.8 Å². The molecule has 0 saturated carbocycles. The van der Waals surface area contributed by atoms with Gasteiger partial charge in [-0.25, -0.2) is 13.1 Å². The van der Waals surface area contributed by atoms with E-state index in [2.05, 4.69) is 0 Å². The Labute approximate surface area is 156 Å². The summed E-state index contributed by atoms with van der Waals surface area (Å²) in [4.78, 5) is 12.2. The van der Waals surface area contributed by atoms with Crippen LogP contribution in [-0.4, -0.2) is 41.8 Å². The Balaban J connectivity index is 2.32. The standard InChI is InChI=1S/C17H18ClNO6S/c1-23-9-10-25-15-8-7-12(18)11-16(15)26(21,22)19-17(20)13-5-3-4-6-14(13)24-2/h3-8,11H,9-10H2,1-2H3,(H,19,20). The summed E-state index contributed by atoms with van der Waals surface area (Å²) in [6.07, 6.45) is 0. The van der Waals surface area contributed by atoms with Crippen LogP contribution in [0.2, 0.25) is 5.02 Å². The first-order valence-corrected chi connectivity index (χ1v) is 9.36. The molecule has 0 saturated heterocycles. The number of halogens is 1. The predicted octanol–water partition coefficient (Wildman–Crippen LogP) is 2.49. The molecule has 0 aromatic heterocycles. The van der Waals surface area contributed by atoms with E-state index in [0.29, 0.717) is 0 Å². The zero-order valence-electron chi connectivity index (χ0n) is 14.2. The summed E-state index contributed by atoms with van der Waals surface area (Å²) in [5.74, 6) is -0.514. The van der Waals surface area contributed by atoms with E-state index >= 15 is 0 Å². The monoisotopic (exact) mass is 399 g/mol. The summed E-state index contributed by atoms with van der Waals surface area (Å²) in [5.41, 5.74) is 0.0856. The van der Waals surface area contributed by atoms with Crippen molar-refractivity contribution in [3.63, 3.8) is 0 Å². The van der Waals surface area contributed by atoms with Gasteiger partial charge in [0.15, 0.2) is 0 Å². The fourth-order valence-electron chi connectivity index (χ4n) is 2.11. The number of para-hydroxylation sites is 1. The number of benzene rings is 2. The number of nitrogens with one attached hydrogen (secondary N) is 1. The van der Waals surface area contributed by atoms with E-state index < -0.39 is 15.9 Å². The Hall–Kier alpha value is -2.29. The Morgan fingerprint density at radius 3 is 2.50 bits per heavy atom. The summed E-state index contributed by atoms with van der Waals surface area (Å²) >= 11 is 5.91. The Morgan fingerprint density at radius 1 is 1.08 bits per heavy atom. The zero-order chi connectivity index (χ0) is 19.2. The van der Waals surface area contributed by atoms with E-state index in [0.717, 1.165) is 0 Å². The molecule has 2 aromatic carbocycles. The molecule has 140 valence electrons. The molecule has 0 fully saturated rings. The Kier molecular flexibility index (Phi) is 6.84. The molecule has 0 atom stereocenters. The van der Waals surface area contributed by atoms with Crippen molar-refractivity contribution in [1.82, 2.24) is 4.72 Å². The van der Waals surface area contributed by atoms with Crippen LogP contribution in [0.5, 0.6) is 11.5 Å². The lowest BCUT2D eigenvalue weighted by Gasteiger charge is -2.14. The smallest absolute Gasteiger partial charge is 0.268 e. The number of methoxy groups -OCH3 is 2. The summed E-state index contributed by atoms with van der Waals surface area (Å²) in [5, 5.41) is 0.189. The number of hydrogen-bond acceptors (Lipinski definition) is 6.